The molecule has 4 rings (SSSR count). The number of hydrogen-bond acceptors (Lipinski definition) is 3. The van der Waals surface area contributed by atoms with Gasteiger partial charge >= 0.3 is 0 Å². The highest BCUT2D eigenvalue weighted by Crippen LogP contribution is 2.25. The smallest absolute Gasteiger partial charge is 0.270 e. The first-order valence-electron chi connectivity index (χ1n) is 9.56. The quantitative estimate of drug-likeness (QED) is 0.547. The molecule has 0 spiro atoms. The molecule has 5 heteroatoms. The van der Waals surface area contributed by atoms with Crippen molar-refractivity contribution in [2.24, 2.45) is 0 Å². The predicted molar refractivity (Wildman–Crippen MR) is 114 cm³/mol. The van der Waals surface area contributed by atoms with Gasteiger partial charge in [-0.05, 0) is 42.7 Å². The van der Waals surface area contributed by atoms with Crippen molar-refractivity contribution >= 4 is 11.6 Å². The Kier molecular flexibility index (Phi) is 4.91. The van der Waals surface area contributed by atoms with Crippen LogP contribution in [-0.2, 0) is 5.60 Å². The molecule has 0 radical (unpaired) electrons. The van der Waals surface area contributed by atoms with Crippen molar-refractivity contribution in [3.05, 3.63) is 95.9 Å². The lowest BCUT2D eigenvalue weighted by Crippen LogP contribution is -2.39. The average Bonchev–Trinajstić information content (AvgIpc) is 3.08. The maximum atomic E-state index is 12.8. The summed E-state index contributed by atoms with van der Waals surface area (Å²) in [6, 6.07) is 23.4. The summed E-state index contributed by atoms with van der Waals surface area (Å²) in [7, 11) is 0. The fourth-order valence-corrected chi connectivity index (χ4v) is 3.48. The molecule has 2 aromatic heterocycles. The Morgan fingerprint density at radius 1 is 1.00 bits per heavy atom. The molecule has 29 heavy (non-hydrogen) atoms. The van der Waals surface area contributed by atoms with Crippen LogP contribution < -0.4 is 5.32 Å². The van der Waals surface area contributed by atoms with Gasteiger partial charge in [-0.15, -0.1) is 0 Å². The summed E-state index contributed by atoms with van der Waals surface area (Å²) in [4.78, 5) is 17.2. The molecule has 0 saturated heterocycles. The summed E-state index contributed by atoms with van der Waals surface area (Å²) >= 11 is 0. The summed E-state index contributed by atoms with van der Waals surface area (Å²) < 4.78 is 1.76. The zero-order chi connectivity index (χ0) is 20.4. The van der Waals surface area contributed by atoms with Gasteiger partial charge in [-0.1, -0.05) is 60.7 Å². The third kappa shape index (κ3) is 3.77. The number of benzene rings is 2. The molecule has 1 atom stereocenters. The van der Waals surface area contributed by atoms with Crippen molar-refractivity contribution in [3.8, 4) is 11.1 Å². The van der Waals surface area contributed by atoms with Gasteiger partial charge in [0.25, 0.3) is 5.91 Å². The number of carbonyl (C=O) groups excluding carboxylic acids is 1. The van der Waals surface area contributed by atoms with Crippen LogP contribution in [0.4, 0.5) is 0 Å². The zero-order valence-corrected chi connectivity index (χ0v) is 16.5. The molecule has 1 amide bonds. The van der Waals surface area contributed by atoms with Crippen LogP contribution >= 0.6 is 0 Å². The van der Waals surface area contributed by atoms with Crippen molar-refractivity contribution in [3.63, 3.8) is 0 Å². The Morgan fingerprint density at radius 3 is 2.38 bits per heavy atom. The Morgan fingerprint density at radius 2 is 1.66 bits per heavy atom. The van der Waals surface area contributed by atoms with E-state index in [1.54, 1.807) is 11.3 Å². The van der Waals surface area contributed by atoms with Crippen LogP contribution in [-0.4, -0.2) is 26.9 Å². The van der Waals surface area contributed by atoms with Crippen LogP contribution in [0.2, 0.25) is 0 Å². The number of aryl methyl sites for hydroxylation is 1. The van der Waals surface area contributed by atoms with E-state index in [0.717, 1.165) is 22.3 Å². The van der Waals surface area contributed by atoms with Crippen molar-refractivity contribution in [1.82, 2.24) is 14.7 Å². The molecule has 5 nitrogen and oxygen atoms in total. The Labute approximate surface area is 169 Å². The van der Waals surface area contributed by atoms with Gasteiger partial charge in [-0.25, -0.2) is 4.98 Å². The van der Waals surface area contributed by atoms with E-state index in [9.17, 15) is 9.90 Å². The summed E-state index contributed by atoms with van der Waals surface area (Å²) in [5.41, 5.74) is 3.60. The largest absolute Gasteiger partial charge is 0.384 e. The third-order valence-electron chi connectivity index (χ3n) is 5.13. The van der Waals surface area contributed by atoms with Gasteiger partial charge in [-0.3, -0.25) is 9.20 Å². The van der Waals surface area contributed by atoms with E-state index < -0.39 is 5.60 Å². The maximum absolute atomic E-state index is 12.8. The molecule has 2 N–H and O–H groups in total. The summed E-state index contributed by atoms with van der Waals surface area (Å²) in [5.74, 6) is -0.262. The molecule has 0 aliphatic heterocycles. The van der Waals surface area contributed by atoms with E-state index in [1.165, 1.54) is 0 Å². The van der Waals surface area contributed by atoms with E-state index in [2.05, 4.69) is 10.3 Å². The molecule has 0 bridgehead atoms. The van der Waals surface area contributed by atoms with Crippen molar-refractivity contribution in [2.75, 3.05) is 6.54 Å². The second-order valence-electron chi connectivity index (χ2n) is 7.37. The van der Waals surface area contributed by atoms with Gasteiger partial charge < -0.3 is 10.4 Å². The van der Waals surface area contributed by atoms with Gasteiger partial charge in [-0.2, -0.15) is 0 Å². The number of aromatic nitrogens is 2. The molecule has 0 unspecified atom stereocenters. The Hall–Kier alpha value is -3.44. The number of nitrogens with one attached hydrogen (secondary N) is 1. The van der Waals surface area contributed by atoms with Gasteiger partial charge in [0.05, 0.1) is 12.2 Å². The lowest BCUT2D eigenvalue weighted by atomic mass is 9.93. The minimum Gasteiger partial charge on any atom is -0.384 e. The van der Waals surface area contributed by atoms with Gasteiger partial charge in [0.1, 0.15) is 16.9 Å². The van der Waals surface area contributed by atoms with Crippen LogP contribution in [0.1, 0.15) is 28.7 Å². The molecular formula is C24H23N3O2. The molecular weight excluding hydrogens is 362 g/mol. The fraction of sp³-hybridized carbons (Fsp3) is 0.167. The number of amides is 1. The van der Waals surface area contributed by atoms with Crippen LogP contribution in [0.15, 0.2) is 79.0 Å². The van der Waals surface area contributed by atoms with E-state index in [-0.39, 0.29) is 12.5 Å². The molecule has 146 valence electrons. The van der Waals surface area contributed by atoms with Gasteiger partial charge in [0, 0.05) is 6.20 Å². The number of aliphatic hydroxyl groups is 1. The molecule has 4 aromatic rings. The summed E-state index contributed by atoms with van der Waals surface area (Å²) in [6.07, 6.45) is 1.81. The van der Waals surface area contributed by atoms with E-state index in [1.807, 2.05) is 85.9 Å². The highest BCUT2D eigenvalue weighted by Gasteiger charge is 2.25. The van der Waals surface area contributed by atoms with Gasteiger partial charge in [0.15, 0.2) is 0 Å². The molecule has 0 fully saturated rings. The van der Waals surface area contributed by atoms with Gasteiger partial charge in [0.2, 0.25) is 0 Å². The lowest BCUT2D eigenvalue weighted by molar-refractivity contribution is 0.0524. The SMILES string of the molecule is Cc1nc2ccccn2c1C(=O)NC[C@@](C)(O)c1ccc(-c2ccccc2)cc1. The normalized spacial score (nSPS) is 13.2. The monoisotopic (exact) mass is 385 g/mol. The number of pyridine rings is 1. The fourth-order valence-electron chi connectivity index (χ4n) is 3.48. The summed E-state index contributed by atoms with van der Waals surface area (Å²) in [6.45, 7) is 3.60. The Bertz CT molecular complexity index is 1150. The third-order valence-corrected chi connectivity index (χ3v) is 5.13. The van der Waals surface area contributed by atoms with Crippen LogP contribution in [0.3, 0.4) is 0 Å². The first-order valence-corrected chi connectivity index (χ1v) is 9.56. The highest BCUT2D eigenvalue weighted by molar-refractivity contribution is 5.94. The highest BCUT2D eigenvalue weighted by atomic mass is 16.3. The van der Waals surface area contributed by atoms with Crippen molar-refractivity contribution < 1.29 is 9.90 Å². The Balaban J connectivity index is 1.50. The molecule has 2 aromatic carbocycles. The van der Waals surface area contributed by atoms with Crippen molar-refractivity contribution in [2.45, 2.75) is 19.4 Å². The first-order chi connectivity index (χ1) is 14.0. The average molecular weight is 385 g/mol. The predicted octanol–water partition coefficient (Wildman–Crippen LogP) is 3.95. The topological polar surface area (TPSA) is 66.6 Å². The van der Waals surface area contributed by atoms with Crippen molar-refractivity contribution in [1.29, 1.82) is 0 Å². The number of imidazole rings is 1. The standard InChI is InChI=1S/C24H23N3O2/c1-17-22(27-15-7-6-10-21(27)26-17)23(28)25-16-24(2,29)20-13-11-19(12-14-20)18-8-4-3-5-9-18/h3-15,29H,16H2,1-2H3,(H,25,28)/t24-/m1/s1. The lowest BCUT2D eigenvalue weighted by Gasteiger charge is -2.24. The summed E-state index contributed by atoms with van der Waals surface area (Å²) in [5, 5.41) is 13.8. The molecule has 0 saturated carbocycles. The number of carbonyl (C=O) groups is 1. The maximum Gasteiger partial charge on any atom is 0.270 e. The van der Waals surface area contributed by atoms with E-state index in [0.29, 0.717) is 11.4 Å². The van der Waals surface area contributed by atoms with Crippen LogP contribution in [0.25, 0.3) is 16.8 Å². The number of fused-ring (bicyclic) bond motifs is 1. The first kappa shape index (κ1) is 18.9. The number of nitrogens with zero attached hydrogens (tertiary/aromatic N) is 2. The van der Waals surface area contributed by atoms with Crippen LogP contribution in [0, 0.1) is 6.92 Å². The number of rotatable bonds is 5. The second kappa shape index (κ2) is 7.53. The van der Waals surface area contributed by atoms with E-state index >= 15 is 0 Å². The van der Waals surface area contributed by atoms with Crippen LogP contribution in [0.5, 0.6) is 0 Å². The minimum absolute atomic E-state index is 0.0933. The molecule has 0 aliphatic rings. The zero-order valence-electron chi connectivity index (χ0n) is 16.5. The molecule has 0 aliphatic carbocycles. The minimum atomic E-state index is -1.20. The molecule has 2 heterocycles. The van der Waals surface area contributed by atoms with E-state index in [4.69, 9.17) is 0 Å². The number of hydrogen-bond donors (Lipinski definition) is 2. The second-order valence-corrected chi connectivity index (χ2v) is 7.37.